The quantitative estimate of drug-likeness (QED) is 0.845. The van der Waals surface area contributed by atoms with Crippen LogP contribution in [0.5, 0.6) is 0 Å². The maximum Gasteiger partial charge on any atom is 0.220 e. The molecule has 3 nitrogen and oxygen atoms in total. The van der Waals surface area contributed by atoms with Crippen molar-refractivity contribution in [2.45, 2.75) is 45.2 Å². The summed E-state index contributed by atoms with van der Waals surface area (Å²) in [6.07, 6.45) is 2.01. The van der Waals surface area contributed by atoms with Gasteiger partial charge in [-0.05, 0) is 37.5 Å². The third-order valence-electron chi connectivity index (χ3n) is 2.82. The summed E-state index contributed by atoms with van der Waals surface area (Å²) in [5.41, 5.74) is 6.68. The van der Waals surface area contributed by atoms with E-state index in [4.69, 9.17) is 17.3 Å². The van der Waals surface area contributed by atoms with Crippen LogP contribution in [-0.4, -0.2) is 11.9 Å². The summed E-state index contributed by atoms with van der Waals surface area (Å²) in [6, 6.07) is 7.67. The van der Waals surface area contributed by atoms with Crippen LogP contribution in [0.25, 0.3) is 0 Å². The fourth-order valence-electron chi connectivity index (χ4n) is 1.77. The summed E-state index contributed by atoms with van der Waals surface area (Å²) >= 11 is 5.96. The Bertz CT molecular complexity index is 397. The first-order valence-corrected chi connectivity index (χ1v) is 6.71. The van der Waals surface area contributed by atoms with Gasteiger partial charge in [-0.3, -0.25) is 4.79 Å². The van der Waals surface area contributed by atoms with E-state index >= 15 is 0 Å². The van der Waals surface area contributed by atoms with Gasteiger partial charge in [-0.25, -0.2) is 0 Å². The van der Waals surface area contributed by atoms with E-state index < -0.39 is 0 Å². The molecule has 0 bridgehead atoms. The molecule has 0 spiro atoms. The molecular weight excluding hydrogens is 283 g/mol. The molecule has 0 aromatic heterocycles. The second kappa shape index (κ2) is 9.18. The molecule has 1 aromatic rings. The highest BCUT2D eigenvalue weighted by Gasteiger charge is 2.13. The van der Waals surface area contributed by atoms with Crippen molar-refractivity contribution in [3.63, 3.8) is 0 Å². The van der Waals surface area contributed by atoms with Gasteiger partial charge in [-0.15, -0.1) is 12.4 Å². The number of amides is 1. The van der Waals surface area contributed by atoms with Crippen LogP contribution in [0.1, 0.15) is 44.7 Å². The zero-order chi connectivity index (χ0) is 13.5. The van der Waals surface area contributed by atoms with Crippen molar-refractivity contribution in [2.75, 3.05) is 0 Å². The second-order valence-corrected chi connectivity index (χ2v) is 5.04. The third-order valence-corrected chi connectivity index (χ3v) is 3.06. The van der Waals surface area contributed by atoms with Crippen molar-refractivity contribution in [3.05, 3.63) is 34.9 Å². The molecule has 19 heavy (non-hydrogen) atoms. The predicted molar refractivity (Wildman–Crippen MR) is 82.8 cm³/mol. The molecule has 1 rings (SSSR count). The van der Waals surface area contributed by atoms with Crippen LogP contribution in [0.15, 0.2) is 24.3 Å². The van der Waals surface area contributed by atoms with Crippen LogP contribution in [0.4, 0.5) is 0 Å². The Morgan fingerprint density at radius 1 is 1.47 bits per heavy atom. The fraction of sp³-hybridized carbons (Fsp3) is 0.500. The van der Waals surface area contributed by atoms with Crippen LogP contribution in [0.2, 0.25) is 5.02 Å². The van der Waals surface area contributed by atoms with Gasteiger partial charge in [0.25, 0.3) is 0 Å². The Labute approximate surface area is 126 Å². The van der Waals surface area contributed by atoms with Crippen LogP contribution in [0, 0.1) is 0 Å². The summed E-state index contributed by atoms with van der Waals surface area (Å²) in [5.74, 6) is 0.0409. The molecule has 108 valence electrons. The Morgan fingerprint density at radius 3 is 2.68 bits per heavy atom. The molecule has 0 fully saturated rings. The lowest BCUT2D eigenvalue weighted by molar-refractivity contribution is -0.122. The standard InChI is InChI=1S/C14H21ClN2O.ClH/c1-3-13(11-5-4-6-12(15)9-11)17-14(18)8-7-10(2)16;/h4-6,9-10,13H,3,7-8,16H2,1-2H3,(H,17,18);1H. The summed E-state index contributed by atoms with van der Waals surface area (Å²) < 4.78 is 0. The highest BCUT2D eigenvalue weighted by molar-refractivity contribution is 6.30. The van der Waals surface area contributed by atoms with Gasteiger partial charge in [0.1, 0.15) is 0 Å². The van der Waals surface area contributed by atoms with Crippen LogP contribution < -0.4 is 11.1 Å². The highest BCUT2D eigenvalue weighted by atomic mass is 35.5. The van der Waals surface area contributed by atoms with E-state index in [2.05, 4.69) is 5.32 Å². The molecule has 2 unspecified atom stereocenters. The van der Waals surface area contributed by atoms with E-state index in [9.17, 15) is 4.79 Å². The molecule has 1 amide bonds. The molecule has 3 N–H and O–H groups in total. The van der Waals surface area contributed by atoms with E-state index in [1.807, 2.05) is 38.1 Å². The molecule has 5 heteroatoms. The van der Waals surface area contributed by atoms with Crippen LogP contribution >= 0.6 is 24.0 Å². The Balaban J connectivity index is 0.00000324. The molecular formula is C14H22Cl2N2O. The topological polar surface area (TPSA) is 55.1 Å². The molecule has 0 aliphatic heterocycles. The molecule has 2 atom stereocenters. The summed E-state index contributed by atoms with van der Waals surface area (Å²) in [6.45, 7) is 3.94. The number of hydrogen-bond donors (Lipinski definition) is 2. The molecule has 1 aromatic carbocycles. The average Bonchev–Trinajstić information content (AvgIpc) is 2.33. The molecule has 0 aliphatic carbocycles. The number of nitrogens with two attached hydrogens (primary N) is 1. The largest absolute Gasteiger partial charge is 0.349 e. The zero-order valence-corrected chi connectivity index (χ0v) is 12.9. The minimum absolute atomic E-state index is 0. The lowest BCUT2D eigenvalue weighted by Crippen LogP contribution is -2.29. The molecule has 0 heterocycles. The van der Waals surface area contributed by atoms with Crippen molar-refractivity contribution in [2.24, 2.45) is 5.73 Å². The number of halogens is 2. The van der Waals surface area contributed by atoms with Crippen molar-refractivity contribution in [3.8, 4) is 0 Å². The number of carbonyl (C=O) groups is 1. The first kappa shape index (κ1) is 18.2. The molecule has 0 radical (unpaired) electrons. The smallest absolute Gasteiger partial charge is 0.220 e. The monoisotopic (exact) mass is 304 g/mol. The van der Waals surface area contributed by atoms with Gasteiger partial charge in [0.15, 0.2) is 0 Å². The predicted octanol–water partition coefficient (Wildman–Crippen LogP) is 3.46. The van der Waals surface area contributed by atoms with Gasteiger partial charge in [-0.1, -0.05) is 30.7 Å². The number of hydrogen-bond acceptors (Lipinski definition) is 2. The first-order valence-electron chi connectivity index (χ1n) is 6.33. The SMILES string of the molecule is CCC(NC(=O)CCC(C)N)c1cccc(Cl)c1.Cl. The van der Waals surface area contributed by atoms with Gasteiger partial charge in [0.2, 0.25) is 5.91 Å². The summed E-state index contributed by atoms with van der Waals surface area (Å²) in [5, 5.41) is 3.70. The average molecular weight is 305 g/mol. The van der Waals surface area contributed by atoms with E-state index in [1.165, 1.54) is 0 Å². The summed E-state index contributed by atoms with van der Waals surface area (Å²) in [7, 11) is 0. The Hall–Kier alpha value is -0.770. The van der Waals surface area contributed by atoms with Gasteiger partial charge in [0.05, 0.1) is 6.04 Å². The lowest BCUT2D eigenvalue weighted by atomic mass is 10.0. The Kier molecular flexibility index (Phi) is 8.81. The van der Waals surface area contributed by atoms with Gasteiger partial charge in [-0.2, -0.15) is 0 Å². The second-order valence-electron chi connectivity index (χ2n) is 4.60. The van der Waals surface area contributed by atoms with Crippen molar-refractivity contribution < 1.29 is 4.79 Å². The fourth-order valence-corrected chi connectivity index (χ4v) is 1.97. The lowest BCUT2D eigenvalue weighted by Gasteiger charge is -2.18. The van der Waals surface area contributed by atoms with E-state index in [1.54, 1.807) is 0 Å². The number of nitrogens with one attached hydrogen (secondary N) is 1. The van der Waals surface area contributed by atoms with Gasteiger partial charge < -0.3 is 11.1 Å². The number of carbonyl (C=O) groups excluding carboxylic acids is 1. The van der Waals surface area contributed by atoms with E-state index in [0.717, 1.165) is 12.0 Å². The summed E-state index contributed by atoms with van der Waals surface area (Å²) in [4.78, 5) is 11.8. The Morgan fingerprint density at radius 2 is 2.16 bits per heavy atom. The molecule has 0 saturated heterocycles. The van der Waals surface area contributed by atoms with Gasteiger partial charge >= 0.3 is 0 Å². The maximum atomic E-state index is 11.8. The third kappa shape index (κ3) is 6.81. The minimum atomic E-state index is 0. The first-order chi connectivity index (χ1) is 8.52. The van der Waals surface area contributed by atoms with E-state index in [-0.39, 0.29) is 30.4 Å². The van der Waals surface area contributed by atoms with Crippen LogP contribution in [-0.2, 0) is 4.79 Å². The van der Waals surface area contributed by atoms with Crippen LogP contribution in [0.3, 0.4) is 0 Å². The maximum absolute atomic E-state index is 11.8. The molecule has 0 saturated carbocycles. The zero-order valence-electron chi connectivity index (χ0n) is 11.4. The number of benzene rings is 1. The minimum Gasteiger partial charge on any atom is -0.349 e. The normalized spacial score (nSPS) is 13.3. The van der Waals surface area contributed by atoms with E-state index in [0.29, 0.717) is 17.9 Å². The number of rotatable bonds is 6. The van der Waals surface area contributed by atoms with Gasteiger partial charge in [0, 0.05) is 17.5 Å². The van der Waals surface area contributed by atoms with Crippen molar-refractivity contribution in [1.82, 2.24) is 5.32 Å². The molecule has 0 aliphatic rings. The highest BCUT2D eigenvalue weighted by Crippen LogP contribution is 2.20. The van der Waals surface area contributed by atoms with Crippen molar-refractivity contribution in [1.29, 1.82) is 0 Å². The van der Waals surface area contributed by atoms with Crippen molar-refractivity contribution >= 4 is 29.9 Å².